The summed E-state index contributed by atoms with van der Waals surface area (Å²) in [5.41, 5.74) is 2.25. The monoisotopic (exact) mass is 362 g/mol. The third-order valence-electron chi connectivity index (χ3n) is 3.61. The fraction of sp³-hybridized carbons (Fsp3) is 0.143. The first-order chi connectivity index (χ1) is 13.0. The predicted octanol–water partition coefficient (Wildman–Crippen LogP) is 3.35. The molecule has 0 aromatic heterocycles. The minimum atomic E-state index is -0.639. The quantitative estimate of drug-likeness (QED) is 0.463. The molecule has 0 aliphatic heterocycles. The molecule has 0 saturated carbocycles. The number of nitriles is 1. The van der Waals surface area contributed by atoms with Crippen LogP contribution in [0.5, 0.6) is 0 Å². The second-order valence-corrected chi connectivity index (χ2v) is 5.58. The van der Waals surface area contributed by atoms with Gasteiger partial charge in [0, 0.05) is 23.7 Å². The van der Waals surface area contributed by atoms with Gasteiger partial charge in [0.1, 0.15) is 0 Å². The first kappa shape index (κ1) is 19.6. The van der Waals surface area contributed by atoms with Gasteiger partial charge in [-0.3, -0.25) is 9.59 Å². The van der Waals surface area contributed by atoms with Gasteiger partial charge in [0.2, 0.25) is 5.91 Å². The lowest BCUT2D eigenvalue weighted by Crippen LogP contribution is -2.13. The number of anilines is 1. The Morgan fingerprint density at radius 1 is 1.07 bits per heavy atom. The number of carbonyl (C=O) groups is 3. The van der Waals surface area contributed by atoms with Gasteiger partial charge in [-0.25, -0.2) is 4.79 Å². The zero-order valence-electron chi connectivity index (χ0n) is 14.8. The second-order valence-electron chi connectivity index (χ2n) is 5.58. The molecule has 2 aromatic rings. The highest BCUT2D eigenvalue weighted by Gasteiger charge is 2.09. The van der Waals surface area contributed by atoms with Crippen molar-refractivity contribution >= 4 is 29.4 Å². The Morgan fingerprint density at radius 2 is 1.74 bits per heavy atom. The molecule has 6 nitrogen and oxygen atoms in total. The highest BCUT2D eigenvalue weighted by molar-refractivity contribution is 5.99. The third-order valence-corrected chi connectivity index (χ3v) is 3.61. The molecule has 0 saturated heterocycles. The van der Waals surface area contributed by atoms with Crippen LogP contribution in [0.1, 0.15) is 34.8 Å². The SMILES string of the molecule is CCC(=O)Nc1ccc(C(=O)COC(=O)/C=C/c2ccc(C#N)cc2)cc1. The Labute approximate surface area is 157 Å². The molecule has 136 valence electrons. The summed E-state index contributed by atoms with van der Waals surface area (Å²) < 4.78 is 4.94. The van der Waals surface area contributed by atoms with Crippen LogP contribution < -0.4 is 5.32 Å². The Kier molecular flexibility index (Phi) is 7.03. The van der Waals surface area contributed by atoms with Crippen LogP contribution in [0.2, 0.25) is 0 Å². The number of hydrogen-bond donors (Lipinski definition) is 1. The van der Waals surface area contributed by atoms with Crippen LogP contribution >= 0.6 is 0 Å². The average molecular weight is 362 g/mol. The number of esters is 1. The summed E-state index contributed by atoms with van der Waals surface area (Å²) in [4.78, 5) is 35.1. The number of nitrogens with one attached hydrogen (secondary N) is 1. The molecular weight excluding hydrogens is 344 g/mol. The number of amides is 1. The Bertz CT molecular complexity index is 891. The number of carbonyl (C=O) groups excluding carboxylic acids is 3. The van der Waals surface area contributed by atoms with Gasteiger partial charge in [0.05, 0.1) is 11.6 Å². The van der Waals surface area contributed by atoms with Crippen molar-refractivity contribution in [2.24, 2.45) is 0 Å². The van der Waals surface area contributed by atoms with Crippen LogP contribution in [0.4, 0.5) is 5.69 Å². The molecule has 1 N–H and O–H groups in total. The molecule has 0 heterocycles. The van der Waals surface area contributed by atoms with E-state index in [0.29, 0.717) is 23.2 Å². The summed E-state index contributed by atoms with van der Waals surface area (Å²) >= 11 is 0. The molecule has 0 bridgehead atoms. The maximum absolute atomic E-state index is 12.1. The smallest absolute Gasteiger partial charge is 0.331 e. The lowest BCUT2D eigenvalue weighted by molar-refractivity contribution is -0.136. The summed E-state index contributed by atoms with van der Waals surface area (Å²) in [5, 5.41) is 11.4. The number of rotatable bonds is 7. The van der Waals surface area contributed by atoms with Crippen molar-refractivity contribution in [3.05, 3.63) is 71.3 Å². The maximum atomic E-state index is 12.1. The molecule has 1 amide bonds. The topological polar surface area (TPSA) is 96.3 Å². The first-order valence-corrected chi connectivity index (χ1v) is 8.30. The van der Waals surface area contributed by atoms with Crippen LogP contribution in [0, 0.1) is 11.3 Å². The number of Topliss-reactive ketones (excluding diaryl/α,β-unsaturated/α-hetero) is 1. The van der Waals surface area contributed by atoms with E-state index in [4.69, 9.17) is 10.00 Å². The van der Waals surface area contributed by atoms with Crippen molar-refractivity contribution in [3.63, 3.8) is 0 Å². The molecule has 0 fully saturated rings. The van der Waals surface area contributed by atoms with E-state index in [1.54, 1.807) is 61.5 Å². The van der Waals surface area contributed by atoms with Gasteiger partial charge < -0.3 is 10.1 Å². The molecule has 0 aliphatic carbocycles. The zero-order valence-corrected chi connectivity index (χ0v) is 14.8. The van der Waals surface area contributed by atoms with E-state index in [1.807, 2.05) is 6.07 Å². The van der Waals surface area contributed by atoms with Crippen LogP contribution in [0.15, 0.2) is 54.6 Å². The summed E-state index contributed by atoms with van der Waals surface area (Å²) in [6.07, 6.45) is 3.13. The molecule has 0 unspecified atom stereocenters. The third kappa shape index (κ3) is 6.25. The van der Waals surface area contributed by atoms with Crippen LogP contribution in [-0.2, 0) is 14.3 Å². The van der Waals surface area contributed by atoms with Gasteiger partial charge in [-0.1, -0.05) is 19.1 Å². The Morgan fingerprint density at radius 3 is 2.33 bits per heavy atom. The van der Waals surface area contributed by atoms with E-state index in [-0.39, 0.29) is 18.3 Å². The minimum absolute atomic E-state index is 0.114. The van der Waals surface area contributed by atoms with Crippen molar-refractivity contribution in [2.45, 2.75) is 13.3 Å². The van der Waals surface area contributed by atoms with Gasteiger partial charge in [0.25, 0.3) is 0 Å². The van der Waals surface area contributed by atoms with Crippen molar-refractivity contribution in [2.75, 3.05) is 11.9 Å². The van der Waals surface area contributed by atoms with Gasteiger partial charge >= 0.3 is 5.97 Å². The molecule has 27 heavy (non-hydrogen) atoms. The van der Waals surface area contributed by atoms with Gasteiger partial charge in [0.15, 0.2) is 12.4 Å². The number of ketones is 1. The van der Waals surface area contributed by atoms with E-state index in [2.05, 4.69) is 5.32 Å². The van der Waals surface area contributed by atoms with Crippen LogP contribution in [0.3, 0.4) is 0 Å². The Hall–Kier alpha value is -3.72. The fourth-order valence-electron chi connectivity index (χ4n) is 2.09. The molecule has 2 rings (SSSR count). The summed E-state index contributed by atoms with van der Waals surface area (Å²) in [5.74, 6) is -1.10. The predicted molar refractivity (Wildman–Crippen MR) is 101 cm³/mol. The Balaban J connectivity index is 1.85. The van der Waals surface area contributed by atoms with Crippen LogP contribution in [-0.4, -0.2) is 24.3 Å². The van der Waals surface area contributed by atoms with Crippen molar-refractivity contribution in [1.82, 2.24) is 0 Å². The summed E-state index contributed by atoms with van der Waals surface area (Å²) in [7, 11) is 0. The largest absolute Gasteiger partial charge is 0.454 e. The van der Waals surface area contributed by atoms with E-state index in [0.717, 1.165) is 5.56 Å². The number of nitrogens with zero attached hydrogens (tertiary/aromatic N) is 1. The minimum Gasteiger partial charge on any atom is -0.454 e. The molecule has 0 aliphatic rings. The van der Waals surface area contributed by atoms with E-state index >= 15 is 0 Å². The maximum Gasteiger partial charge on any atom is 0.331 e. The average Bonchev–Trinajstić information content (AvgIpc) is 2.71. The summed E-state index contributed by atoms with van der Waals surface area (Å²) in [6, 6.07) is 15.1. The molecular formula is C21H18N2O4. The number of ether oxygens (including phenoxy) is 1. The van der Waals surface area contributed by atoms with Gasteiger partial charge in [-0.2, -0.15) is 5.26 Å². The standard InChI is InChI=1S/C21H18N2O4/c1-2-20(25)23-18-10-8-17(9-11-18)19(24)14-27-21(26)12-7-15-3-5-16(13-22)6-4-15/h3-12H,2,14H2,1H3,(H,23,25)/b12-7+. The molecule has 2 aromatic carbocycles. The molecule has 6 heteroatoms. The van der Waals surface area contributed by atoms with Crippen LogP contribution in [0.25, 0.3) is 6.08 Å². The lowest BCUT2D eigenvalue weighted by atomic mass is 10.1. The zero-order chi connectivity index (χ0) is 19.6. The van der Waals surface area contributed by atoms with E-state index < -0.39 is 5.97 Å². The van der Waals surface area contributed by atoms with Gasteiger partial charge in [-0.15, -0.1) is 0 Å². The molecule has 0 spiro atoms. The van der Waals surface area contributed by atoms with Crippen molar-refractivity contribution in [1.29, 1.82) is 5.26 Å². The number of hydrogen-bond acceptors (Lipinski definition) is 5. The fourth-order valence-corrected chi connectivity index (χ4v) is 2.09. The van der Waals surface area contributed by atoms with Crippen molar-refractivity contribution in [3.8, 4) is 6.07 Å². The first-order valence-electron chi connectivity index (χ1n) is 8.30. The highest BCUT2D eigenvalue weighted by Crippen LogP contribution is 2.11. The summed E-state index contributed by atoms with van der Waals surface area (Å²) in [6.45, 7) is 1.37. The molecule has 0 radical (unpaired) electrons. The second kappa shape index (κ2) is 9.68. The molecule has 0 atom stereocenters. The lowest BCUT2D eigenvalue weighted by Gasteiger charge is -2.05. The van der Waals surface area contributed by atoms with E-state index in [9.17, 15) is 14.4 Å². The highest BCUT2D eigenvalue weighted by atomic mass is 16.5. The van der Waals surface area contributed by atoms with E-state index in [1.165, 1.54) is 6.08 Å². The van der Waals surface area contributed by atoms with Crippen molar-refractivity contribution < 1.29 is 19.1 Å². The van der Waals surface area contributed by atoms with Gasteiger partial charge in [-0.05, 0) is 48.0 Å². The normalized spacial score (nSPS) is 10.2. The number of benzene rings is 2.